The second-order valence-corrected chi connectivity index (χ2v) is 4.45. The summed E-state index contributed by atoms with van der Waals surface area (Å²) in [7, 11) is 2.95. The molecule has 1 aromatic carbocycles. The normalized spacial score (nSPS) is 11.5. The maximum atomic E-state index is 12.5. The van der Waals surface area contributed by atoms with Gasteiger partial charge in [0.1, 0.15) is 17.1 Å². The van der Waals surface area contributed by atoms with Crippen LogP contribution in [0.2, 0.25) is 0 Å². The fraction of sp³-hybridized carbons (Fsp3) is 0.250. The Balaban J connectivity index is 2.93. The molecule has 0 saturated carbocycles. The Bertz CT molecular complexity index is 783. The lowest BCUT2D eigenvalue weighted by atomic mass is 10.00. The SMILES string of the molecule is C/C=C(\C)C(=O)c1c(OC)cc(OC)c2ccc(=O)oc12. The maximum Gasteiger partial charge on any atom is 0.336 e. The van der Waals surface area contributed by atoms with E-state index in [0.29, 0.717) is 22.5 Å². The van der Waals surface area contributed by atoms with Crippen LogP contribution in [0.25, 0.3) is 11.0 Å². The van der Waals surface area contributed by atoms with E-state index in [-0.39, 0.29) is 16.9 Å². The van der Waals surface area contributed by atoms with E-state index in [1.807, 2.05) is 0 Å². The molecule has 0 saturated heterocycles. The highest BCUT2D eigenvalue weighted by Crippen LogP contribution is 2.36. The Morgan fingerprint density at radius 1 is 1.19 bits per heavy atom. The summed E-state index contributed by atoms with van der Waals surface area (Å²) in [5.74, 6) is 0.525. The van der Waals surface area contributed by atoms with Crippen LogP contribution in [-0.2, 0) is 0 Å². The van der Waals surface area contributed by atoms with Crippen LogP contribution in [-0.4, -0.2) is 20.0 Å². The van der Waals surface area contributed by atoms with Crippen molar-refractivity contribution in [1.29, 1.82) is 0 Å². The monoisotopic (exact) mass is 288 g/mol. The fourth-order valence-electron chi connectivity index (χ4n) is 2.05. The molecule has 0 unspecified atom stereocenters. The van der Waals surface area contributed by atoms with Crippen molar-refractivity contribution < 1.29 is 18.7 Å². The van der Waals surface area contributed by atoms with Gasteiger partial charge in [-0.3, -0.25) is 4.79 Å². The Morgan fingerprint density at radius 3 is 2.43 bits per heavy atom. The molecule has 5 heteroatoms. The molecule has 21 heavy (non-hydrogen) atoms. The summed E-state index contributed by atoms with van der Waals surface area (Å²) >= 11 is 0. The molecule has 0 N–H and O–H groups in total. The summed E-state index contributed by atoms with van der Waals surface area (Å²) in [4.78, 5) is 24.1. The number of allylic oxidation sites excluding steroid dienone is 2. The number of ether oxygens (including phenoxy) is 2. The van der Waals surface area contributed by atoms with Crippen molar-refractivity contribution in [3.8, 4) is 11.5 Å². The predicted octanol–water partition coefficient (Wildman–Crippen LogP) is 2.96. The number of ketones is 1. The zero-order chi connectivity index (χ0) is 15.6. The zero-order valence-electron chi connectivity index (χ0n) is 12.4. The number of fused-ring (bicyclic) bond motifs is 1. The molecule has 0 amide bonds. The molecule has 0 atom stereocenters. The van der Waals surface area contributed by atoms with Crippen molar-refractivity contribution in [3.63, 3.8) is 0 Å². The van der Waals surface area contributed by atoms with Gasteiger partial charge in [-0.15, -0.1) is 0 Å². The topological polar surface area (TPSA) is 65.7 Å². The minimum Gasteiger partial charge on any atom is -0.496 e. The van der Waals surface area contributed by atoms with Crippen molar-refractivity contribution in [2.75, 3.05) is 14.2 Å². The fourth-order valence-corrected chi connectivity index (χ4v) is 2.05. The number of benzene rings is 1. The van der Waals surface area contributed by atoms with Crippen molar-refractivity contribution in [2.45, 2.75) is 13.8 Å². The molecule has 110 valence electrons. The summed E-state index contributed by atoms with van der Waals surface area (Å²) in [5, 5.41) is 0.546. The molecule has 0 bridgehead atoms. The predicted molar refractivity (Wildman–Crippen MR) is 79.3 cm³/mol. The summed E-state index contributed by atoms with van der Waals surface area (Å²) in [5.41, 5.74) is 0.391. The number of carbonyl (C=O) groups excluding carboxylic acids is 1. The largest absolute Gasteiger partial charge is 0.496 e. The van der Waals surface area contributed by atoms with Gasteiger partial charge in [-0.2, -0.15) is 0 Å². The number of methoxy groups -OCH3 is 2. The van der Waals surface area contributed by atoms with Gasteiger partial charge in [-0.05, 0) is 25.5 Å². The smallest absolute Gasteiger partial charge is 0.336 e. The minimum atomic E-state index is -0.537. The molecule has 0 spiro atoms. The molecule has 1 aromatic heterocycles. The maximum absolute atomic E-state index is 12.5. The highest BCUT2D eigenvalue weighted by molar-refractivity contribution is 6.17. The molecule has 2 aromatic rings. The van der Waals surface area contributed by atoms with Crippen molar-refractivity contribution in [3.05, 3.63) is 45.8 Å². The standard InChI is InChI=1S/C16H16O5/c1-5-9(2)15(18)14-12(20-4)8-11(19-3)10-6-7-13(17)21-16(10)14/h5-8H,1-4H3/b9-5+. The first-order valence-corrected chi connectivity index (χ1v) is 6.40. The van der Waals surface area contributed by atoms with Gasteiger partial charge in [0.2, 0.25) is 0 Å². The summed E-state index contributed by atoms with van der Waals surface area (Å²) < 4.78 is 15.8. The molecule has 1 heterocycles. The van der Waals surface area contributed by atoms with Crippen LogP contribution in [0.15, 0.2) is 39.1 Å². The van der Waals surface area contributed by atoms with Gasteiger partial charge in [0.25, 0.3) is 0 Å². The van der Waals surface area contributed by atoms with Crippen LogP contribution in [0, 0.1) is 0 Å². The highest BCUT2D eigenvalue weighted by Gasteiger charge is 2.22. The minimum absolute atomic E-state index is 0.171. The van der Waals surface area contributed by atoms with Crippen LogP contribution in [0.5, 0.6) is 11.5 Å². The van der Waals surface area contributed by atoms with Crippen molar-refractivity contribution in [2.24, 2.45) is 0 Å². The molecule has 0 fully saturated rings. The molecule has 0 radical (unpaired) electrons. The van der Waals surface area contributed by atoms with E-state index >= 15 is 0 Å². The summed E-state index contributed by atoms with van der Waals surface area (Å²) in [6.45, 7) is 3.46. The Hall–Kier alpha value is -2.56. The first kappa shape index (κ1) is 14.8. The van der Waals surface area contributed by atoms with Gasteiger partial charge < -0.3 is 13.9 Å². The lowest BCUT2D eigenvalue weighted by Crippen LogP contribution is -2.07. The van der Waals surface area contributed by atoms with Gasteiger partial charge in [0.05, 0.1) is 19.6 Å². The molecular weight excluding hydrogens is 272 g/mol. The van der Waals surface area contributed by atoms with E-state index in [1.54, 1.807) is 32.1 Å². The molecule has 0 aliphatic carbocycles. The number of hydrogen-bond donors (Lipinski definition) is 0. The van der Waals surface area contributed by atoms with E-state index in [1.165, 1.54) is 20.3 Å². The first-order valence-electron chi connectivity index (χ1n) is 6.40. The third-order valence-electron chi connectivity index (χ3n) is 3.29. The van der Waals surface area contributed by atoms with Crippen molar-refractivity contribution in [1.82, 2.24) is 0 Å². The zero-order valence-corrected chi connectivity index (χ0v) is 12.4. The highest BCUT2D eigenvalue weighted by atomic mass is 16.5. The van der Waals surface area contributed by atoms with E-state index < -0.39 is 5.63 Å². The van der Waals surface area contributed by atoms with E-state index in [9.17, 15) is 9.59 Å². The average molecular weight is 288 g/mol. The first-order chi connectivity index (χ1) is 10.0. The molecule has 2 rings (SSSR count). The van der Waals surface area contributed by atoms with Gasteiger partial charge in [0.15, 0.2) is 11.4 Å². The number of rotatable bonds is 4. The molecule has 0 aliphatic rings. The Labute approximate surface area is 121 Å². The summed E-state index contributed by atoms with van der Waals surface area (Å²) in [6.07, 6.45) is 1.69. The Morgan fingerprint density at radius 2 is 1.86 bits per heavy atom. The third kappa shape index (κ3) is 2.54. The lowest BCUT2D eigenvalue weighted by molar-refractivity contribution is 0.103. The second kappa shape index (κ2) is 5.83. The number of carbonyl (C=O) groups is 1. The van der Waals surface area contributed by atoms with Gasteiger partial charge in [-0.25, -0.2) is 4.79 Å². The average Bonchev–Trinajstić information content (AvgIpc) is 2.51. The third-order valence-corrected chi connectivity index (χ3v) is 3.29. The van der Waals surface area contributed by atoms with Crippen LogP contribution in [0.4, 0.5) is 0 Å². The van der Waals surface area contributed by atoms with Crippen molar-refractivity contribution >= 4 is 16.8 Å². The van der Waals surface area contributed by atoms with E-state index in [0.717, 1.165) is 0 Å². The summed E-state index contributed by atoms with van der Waals surface area (Å²) in [6, 6.07) is 4.47. The molecule has 5 nitrogen and oxygen atoms in total. The second-order valence-electron chi connectivity index (χ2n) is 4.45. The lowest BCUT2D eigenvalue weighted by Gasteiger charge is -2.13. The Kier molecular flexibility index (Phi) is 4.12. The van der Waals surface area contributed by atoms with E-state index in [4.69, 9.17) is 13.9 Å². The van der Waals surface area contributed by atoms with Crippen LogP contribution in [0.1, 0.15) is 24.2 Å². The van der Waals surface area contributed by atoms with Crippen LogP contribution in [0.3, 0.4) is 0 Å². The molecule has 0 aliphatic heterocycles. The van der Waals surface area contributed by atoms with Gasteiger partial charge in [-0.1, -0.05) is 6.08 Å². The van der Waals surface area contributed by atoms with Crippen LogP contribution < -0.4 is 15.1 Å². The quantitative estimate of drug-likeness (QED) is 0.491. The van der Waals surface area contributed by atoms with Crippen LogP contribution >= 0.6 is 0 Å². The molecular formula is C16H16O5. The number of hydrogen-bond acceptors (Lipinski definition) is 5. The van der Waals surface area contributed by atoms with Gasteiger partial charge >= 0.3 is 5.63 Å². The van der Waals surface area contributed by atoms with E-state index in [2.05, 4.69) is 0 Å². The van der Waals surface area contributed by atoms with Gasteiger partial charge in [0, 0.05) is 12.1 Å². The number of Topliss-reactive ketones (excluding diaryl/α,β-unsaturated/α-hetero) is 1.